The molecule has 0 bridgehead atoms. The first-order chi connectivity index (χ1) is 15.6. The third kappa shape index (κ3) is 6.62. The summed E-state index contributed by atoms with van der Waals surface area (Å²) in [7, 11) is -6.94. The molecule has 0 amide bonds. The van der Waals surface area contributed by atoms with Crippen molar-refractivity contribution in [3.63, 3.8) is 0 Å². The van der Waals surface area contributed by atoms with Crippen molar-refractivity contribution in [3.8, 4) is 0 Å². The molecule has 3 rings (SSSR count). The smallest absolute Gasteiger partial charge is 0.333 e. The number of aryl methyl sites for hydroxylation is 1. The average molecular weight is 484 g/mol. The lowest BCUT2D eigenvalue weighted by atomic mass is 10.1. The Hall–Kier alpha value is -2.29. The Morgan fingerprint density at radius 2 is 1.27 bits per heavy atom. The Morgan fingerprint density at radius 3 is 1.70 bits per heavy atom. The largest absolute Gasteiger partial charge is 0.405 e. The van der Waals surface area contributed by atoms with Crippen LogP contribution in [0.5, 0.6) is 0 Å². The molecule has 0 aliphatic rings. The molecule has 0 fully saturated rings. The maximum atomic E-state index is 11.8. The zero-order valence-corrected chi connectivity index (χ0v) is 21.3. The third-order valence-electron chi connectivity index (χ3n) is 5.77. The van der Waals surface area contributed by atoms with Gasteiger partial charge in [0.15, 0.2) is 0 Å². The third-order valence-corrected chi connectivity index (χ3v) is 11.3. The second-order valence-corrected chi connectivity index (χ2v) is 14.7. The molecule has 7 heteroatoms. The van der Waals surface area contributed by atoms with Gasteiger partial charge in [-0.05, 0) is 33.8 Å². The molecular weight excluding hydrogens is 450 g/mol. The van der Waals surface area contributed by atoms with Crippen LogP contribution in [0.4, 0.5) is 0 Å². The number of hydrogen-bond donors (Lipinski definition) is 1. The Balaban J connectivity index is 1.96. The Kier molecular flexibility index (Phi) is 8.26. The fraction of sp³-hybridized carbons (Fsp3) is 0.308. The molecule has 176 valence electrons. The van der Waals surface area contributed by atoms with Crippen LogP contribution < -0.4 is 15.5 Å². The van der Waals surface area contributed by atoms with Crippen molar-refractivity contribution in [3.05, 3.63) is 96.6 Å². The minimum atomic E-state index is -4.12. The van der Waals surface area contributed by atoms with Crippen LogP contribution in [0.25, 0.3) is 0 Å². The predicted molar refractivity (Wildman–Crippen MR) is 136 cm³/mol. The predicted octanol–water partition coefficient (Wildman–Crippen LogP) is 3.78. The van der Waals surface area contributed by atoms with Gasteiger partial charge in [-0.2, -0.15) is 8.42 Å². The fourth-order valence-electron chi connectivity index (χ4n) is 4.30. The van der Waals surface area contributed by atoms with E-state index in [2.05, 4.69) is 45.0 Å². The molecule has 33 heavy (non-hydrogen) atoms. The highest BCUT2D eigenvalue weighted by Crippen LogP contribution is 2.37. The fourth-order valence-corrected chi connectivity index (χ4v) is 9.42. The standard InChI is InChI=1S/C26H33NO4SSi/c1-26(2,3)33(24-15-9-5-10-16-24,25-17-11-6-12-18-25)30-21-23(31-32(27,28)29)20-19-22-13-7-4-8-14-22/h4-18,23H,19-21H2,1-3H3,(H2,27,28,29)/t23-/m0/s1. The van der Waals surface area contributed by atoms with E-state index >= 15 is 0 Å². The van der Waals surface area contributed by atoms with Crippen molar-refractivity contribution in [2.24, 2.45) is 5.14 Å². The second-order valence-electron chi connectivity index (χ2n) is 9.21. The highest BCUT2D eigenvalue weighted by Gasteiger charge is 2.50. The lowest BCUT2D eigenvalue weighted by molar-refractivity contribution is 0.121. The van der Waals surface area contributed by atoms with E-state index in [9.17, 15) is 8.42 Å². The van der Waals surface area contributed by atoms with E-state index in [4.69, 9.17) is 13.7 Å². The first-order valence-electron chi connectivity index (χ1n) is 11.1. The molecule has 0 heterocycles. The molecule has 0 spiro atoms. The summed E-state index contributed by atoms with van der Waals surface area (Å²) in [6.45, 7) is 6.66. The van der Waals surface area contributed by atoms with Gasteiger partial charge in [0.2, 0.25) is 0 Å². The van der Waals surface area contributed by atoms with Gasteiger partial charge >= 0.3 is 10.3 Å². The van der Waals surface area contributed by atoms with Crippen molar-refractivity contribution >= 4 is 29.0 Å². The van der Waals surface area contributed by atoms with E-state index in [1.807, 2.05) is 66.7 Å². The van der Waals surface area contributed by atoms with Crippen molar-refractivity contribution in [2.75, 3.05) is 6.61 Å². The summed E-state index contributed by atoms with van der Waals surface area (Å²) in [4.78, 5) is 0. The second kappa shape index (κ2) is 10.8. The summed E-state index contributed by atoms with van der Waals surface area (Å²) in [6, 6.07) is 30.3. The lowest BCUT2D eigenvalue weighted by Crippen LogP contribution is -2.67. The number of hydrogen-bond acceptors (Lipinski definition) is 4. The summed E-state index contributed by atoms with van der Waals surface area (Å²) in [5.74, 6) is 0. The molecule has 3 aromatic rings. The van der Waals surface area contributed by atoms with Crippen molar-refractivity contribution in [1.29, 1.82) is 0 Å². The summed E-state index contributed by atoms with van der Waals surface area (Å²) in [6.07, 6.45) is 0.436. The molecule has 1 atom stereocenters. The van der Waals surface area contributed by atoms with Crippen LogP contribution in [0.15, 0.2) is 91.0 Å². The summed E-state index contributed by atoms with van der Waals surface area (Å²) in [5.41, 5.74) is 1.10. The normalized spacial score (nSPS) is 13.6. The van der Waals surface area contributed by atoms with Crippen LogP contribution in [-0.2, 0) is 25.3 Å². The van der Waals surface area contributed by atoms with Crippen LogP contribution in [-0.4, -0.2) is 29.4 Å². The van der Waals surface area contributed by atoms with E-state index in [-0.39, 0.29) is 11.6 Å². The zero-order chi connectivity index (χ0) is 24.0. The minimum Gasteiger partial charge on any atom is -0.405 e. The topological polar surface area (TPSA) is 78.6 Å². The number of rotatable bonds is 10. The molecule has 2 N–H and O–H groups in total. The molecular formula is C26H33NO4SSi. The van der Waals surface area contributed by atoms with E-state index in [1.165, 1.54) is 0 Å². The SMILES string of the molecule is CC(C)(C)[Si](OC[C@H](CCc1ccccc1)OS(N)(=O)=O)(c1ccccc1)c1ccccc1. The van der Waals surface area contributed by atoms with Crippen LogP contribution in [0.1, 0.15) is 32.8 Å². The van der Waals surface area contributed by atoms with Crippen molar-refractivity contribution < 1.29 is 17.0 Å². The maximum Gasteiger partial charge on any atom is 0.333 e. The van der Waals surface area contributed by atoms with Gasteiger partial charge in [-0.15, -0.1) is 0 Å². The van der Waals surface area contributed by atoms with Crippen LogP contribution in [0.2, 0.25) is 5.04 Å². The summed E-state index contributed by atoms with van der Waals surface area (Å²) >= 11 is 0. The van der Waals surface area contributed by atoms with Gasteiger partial charge in [0.1, 0.15) is 6.10 Å². The molecule has 0 aliphatic carbocycles. The summed E-state index contributed by atoms with van der Waals surface area (Å²) in [5, 5.41) is 7.29. The van der Waals surface area contributed by atoms with Gasteiger partial charge in [0.25, 0.3) is 8.32 Å². The molecule has 0 saturated carbocycles. The summed E-state index contributed by atoms with van der Waals surface area (Å²) < 4.78 is 35.8. The highest BCUT2D eigenvalue weighted by atomic mass is 32.2. The van der Waals surface area contributed by atoms with Crippen LogP contribution >= 0.6 is 0 Å². The highest BCUT2D eigenvalue weighted by molar-refractivity contribution is 7.84. The molecule has 5 nitrogen and oxygen atoms in total. The van der Waals surface area contributed by atoms with E-state index in [0.717, 1.165) is 15.9 Å². The van der Waals surface area contributed by atoms with Crippen LogP contribution in [0, 0.1) is 0 Å². The first kappa shape index (κ1) is 25.3. The minimum absolute atomic E-state index is 0.122. The Morgan fingerprint density at radius 1 is 0.818 bits per heavy atom. The maximum absolute atomic E-state index is 11.8. The lowest BCUT2D eigenvalue weighted by Gasteiger charge is -2.43. The molecule has 0 unspecified atom stereocenters. The number of nitrogens with two attached hydrogens (primary N) is 1. The quantitative estimate of drug-likeness (QED) is 0.445. The van der Waals surface area contributed by atoms with Gasteiger partial charge in [-0.1, -0.05) is 112 Å². The average Bonchev–Trinajstić information content (AvgIpc) is 2.78. The molecule has 3 aromatic carbocycles. The molecule has 0 aliphatic heterocycles. The molecule has 0 radical (unpaired) electrons. The van der Waals surface area contributed by atoms with Gasteiger partial charge in [-0.25, -0.2) is 5.14 Å². The van der Waals surface area contributed by atoms with E-state index in [0.29, 0.717) is 12.8 Å². The molecule has 0 saturated heterocycles. The Bertz CT molecular complexity index is 1060. The van der Waals surface area contributed by atoms with Crippen molar-refractivity contribution in [1.82, 2.24) is 0 Å². The first-order valence-corrected chi connectivity index (χ1v) is 14.5. The van der Waals surface area contributed by atoms with Crippen molar-refractivity contribution in [2.45, 2.75) is 44.8 Å². The van der Waals surface area contributed by atoms with E-state index < -0.39 is 24.7 Å². The van der Waals surface area contributed by atoms with Gasteiger partial charge < -0.3 is 4.43 Å². The van der Waals surface area contributed by atoms with Crippen LogP contribution in [0.3, 0.4) is 0 Å². The Labute approximate surface area is 199 Å². The van der Waals surface area contributed by atoms with Gasteiger partial charge in [0.05, 0.1) is 6.61 Å². The van der Waals surface area contributed by atoms with Gasteiger partial charge in [0, 0.05) is 0 Å². The number of benzene rings is 3. The van der Waals surface area contributed by atoms with E-state index in [1.54, 1.807) is 0 Å². The molecule has 0 aromatic heterocycles. The monoisotopic (exact) mass is 483 g/mol. The van der Waals surface area contributed by atoms with Gasteiger partial charge in [-0.3, -0.25) is 4.18 Å². The zero-order valence-electron chi connectivity index (χ0n) is 19.5.